The number of aryl methyl sites for hydroxylation is 1. The van der Waals surface area contributed by atoms with Crippen LogP contribution in [0.2, 0.25) is 0 Å². The van der Waals surface area contributed by atoms with Crippen LogP contribution >= 0.6 is 11.3 Å². The molecule has 0 unspecified atom stereocenters. The zero-order valence-corrected chi connectivity index (χ0v) is 12.3. The van der Waals surface area contributed by atoms with Crippen molar-refractivity contribution in [3.8, 4) is 10.6 Å². The normalized spacial score (nSPS) is 10.8. The van der Waals surface area contributed by atoms with Crippen LogP contribution in [0.3, 0.4) is 0 Å². The van der Waals surface area contributed by atoms with Crippen molar-refractivity contribution in [2.75, 3.05) is 13.7 Å². The lowest BCUT2D eigenvalue weighted by Gasteiger charge is -2.13. The fourth-order valence-electron chi connectivity index (χ4n) is 2.23. The summed E-state index contributed by atoms with van der Waals surface area (Å²) in [7, 11) is 1.69. The van der Waals surface area contributed by atoms with Gasteiger partial charge >= 0.3 is 0 Å². The molecule has 4 nitrogen and oxygen atoms in total. The van der Waals surface area contributed by atoms with E-state index < -0.39 is 5.97 Å². The Bertz CT molecular complexity index is 545. The van der Waals surface area contributed by atoms with Crippen molar-refractivity contribution in [2.45, 2.75) is 25.8 Å². The maximum Gasteiger partial charge on any atom is 0.0583 e. The average Bonchev–Trinajstić information content (AvgIpc) is 3.05. The minimum absolute atomic E-state index is 0.0537. The molecule has 0 radical (unpaired) electrons. The zero-order chi connectivity index (χ0) is 14.4. The van der Waals surface area contributed by atoms with Gasteiger partial charge in [0.1, 0.15) is 0 Å². The van der Waals surface area contributed by atoms with E-state index in [4.69, 9.17) is 4.74 Å². The van der Waals surface area contributed by atoms with Crippen LogP contribution in [0.15, 0.2) is 29.6 Å². The minimum atomic E-state index is -1.01. The van der Waals surface area contributed by atoms with Crippen LogP contribution in [0.1, 0.15) is 18.5 Å². The first-order valence-electron chi connectivity index (χ1n) is 6.63. The van der Waals surface area contributed by atoms with Gasteiger partial charge < -0.3 is 19.2 Å². The Morgan fingerprint density at radius 3 is 2.90 bits per heavy atom. The number of rotatable bonds is 8. The molecule has 0 spiro atoms. The number of thiophene rings is 1. The lowest BCUT2D eigenvalue weighted by molar-refractivity contribution is -0.305. The maximum atomic E-state index is 10.6. The topological polar surface area (TPSA) is 54.3 Å². The van der Waals surface area contributed by atoms with Crippen LogP contribution in [-0.2, 0) is 22.5 Å². The summed E-state index contributed by atoms with van der Waals surface area (Å²) in [6, 6.07) is 8.16. The van der Waals surface area contributed by atoms with E-state index in [1.165, 1.54) is 4.88 Å². The van der Waals surface area contributed by atoms with Gasteiger partial charge in [0, 0.05) is 31.9 Å². The molecule has 5 heteroatoms. The molecular formula is C15H18NO3S-. The number of methoxy groups -OCH3 is 1. The second kappa shape index (κ2) is 7.26. The molecule has 0 N–H and O–H groups in total. The molecule has 0 aliphatic heterocycles. The van der Waals surface area contributed by atoms with Crippen molar-refractivity contribution in [3.05, 3.63) is 35.3 Å². The first-order chi connectivity index (χ1) is 9.72. The second-order valence-electron chi connectivity index (χ2n) is 4.56. The zero-order valence-electron chi connectivity index (χ0n) is 11.5. The van der Waals surface area contributed by atoms with Gasteiger partial charge in [-0.15, -0.1) is 11.3 Å². The Balaban J connectivity index is 2.20. The SMILES string of the molecule is COCCCn1c(CCC(=O)[O-])ccc1-c1cccs1. The van der Waals surface area contributed by atoms with Crippen LogP contribution in [0.4, 0.5) is 0 Å². The van der Waals surface area contributed by atoms with Crippen LogP contribution in [-0.4, -0.2) is 24.3 Å². The molecule has 2 aromatic rings. The van der Waals surface area contributed by atoms with Gasteiger partial charge in [0.2, 0.25) is 0 Å². The molecule has 0 aliphatic rings. The summed E-state index contributed by atoms with van der Waals surface area (Å²) >= 11 is 1.69. The van der Waals surface area contributed by atoms with E-state index in [0.29, 0.717) is 13.0 Å². The highest BCUT2D eigenvalue weighted by Gasteiger charge is 2.10. The molecule has 0 aromatic carbocycles. The van der Waals surface area contributed by atoms with Crippen LogP contribution < -0.4 is 5.11 Å². The number of nitrogens with zero attached hydrogens (tertiary/aromatic N) is 1. The number of hydrogen-bond donors (Lipinski definition) is 0. The van der Waals surface area contributed by atoms with Crippen molar-refractivity contribution in [1.82, 2.24) is 4.57 Å². The Morgan fingerprint density at radius 1 is 1.40 bits per heavy atom. The Labute approximate surface area is 122 Å². The molecule has 0 amide bonds. The molecule has 0 bridgehead atoms. The van der Waals surface area contributed by atoms with Gasteiger partial charge in [-0.1, -0.05) is 6.07 Å². The van der Waals surface area contributed by atoms with Gasteiger partial charge in [0.05, 0.1) is 10.6 Å². The van der Waals surface area contributed by atoms with Gasteiger partial charge in [-0.05, 0) is 42.8 Å². The molecule has 0 fully saturated rings. The smallest absolute Gasteiger partial charge is 0.0583 e. The number of aromatic nitrogens is 1. The molecule has 2 rings (SSSR count). The number of carboxylic acid groups (broad SMARTS) is 1. The first kappa shape index (κ1) is 14.8. The van der Waals surface area contributed by atoms with E-state index in [1.807, 2.05) is 17.5 Å². The van der Waals surface area contributed by atoms with Crippen molar-refractivity contribution in [2.24, 2.45) is 0 Å². The highest BCUT2D eigenvalue weighted by Crippen LogP contribution is 2.27. The quantitative estimate of drug-likeness (QED) is 0.699. The molecule has 2 heterocycles. The summed E-state index contributed by atoms with van der Waals surface area (Å²) in [5.41, 5.74) is 2.18. The van der Waals surface area contributed by atoms with Crippen molar-refractivity contribution in [3.63, 3.8) is 0 Å². The second-order valence-corrected chi connectivity index (χ2v) is 5.50. The Hall–Kier alpha value is -1.59. The fraction of sp³-hybridized carbons (Fsp3) is 0.400. The van der Waals surface area contributed by atoms with Crippen molar-refractivity contribution >= 4 is 17.3 Å². The number of ether oxygens (including phenoxy) is 1. The molecule has 0 atom stereocenters. The largest absolute Gasteiger partial charge is 0.550 e. The highest BCUT2D eigenvalue weighted by atomic mass is 32.1. The van der Waals surface area contributed by atoms with Gasteiger partial charge in [-0.3, -0.25) is 0 Å². The van der Waals surface area contributed by atoms with Crippen LogP contribution in [0.25, 0.3) is 10.6 Å². The monoisotopic (exact) mass is 292 g/mol. The van der Waals surface area contributed by atoms with Crippen molar-refractivity contribution < 1.29 is 14.6 Å². The van der Waals surface area contributed by atoms with Gasteiger partial charge in [-0.25, -0.2) is 0 Å². The molecule has 0 aliphatic carbocycles. The summed E-state index contributed by atoms with van der Waals surface area (Å²) in [4.78, 5) is 11.8. The first-order valence-corrected chi connectivity index (χ1v) is 7.51. The van der Waals surface area contributed by atoms with Crippen LogP contribution in [0, 0.1) is 0 Å². The maximum absolute atomic E-state index is 10.6. The van der Waals surface area contributed by atoms with Gasteiger partial charge in [0.25, 0.3) is 0 Å². The summed E-state index contributed by atoms with van der Waals surface area (Å²) in [6.45, 7) is 1.53. The van der Waals surface area contributed by atoms with E-state index in [2.05, 4.69) is 16.7 Å². The summed E-state index contributed by atoms with van der Waals surface area (Å²) in [5.74, 6) is -1.01. The molecule has 0 saturated carbocycles. The number of carbonyl (C=O) groups is 1. The Kier molecular flexibility index (Phi) is 5.38. The van der Waals surface area contributed by atoms with Gasteiger partial charge in [0.15, 0.2) is 0 Å². The van der Waals surface area contributed by atoms with E-state index in [9.17, 15) is 9.90 Å². The molecule has 108 valence electrons. The molecule has 0 saturated heterocycles. The lowest BCUT2D eigenvalue weighted by atomic mass is 10.2. The predicted octanol–water partition coefficient (Wildman–Crippen LogP) is 1.94. The highest BCUT2D eigenvalue weighted by molar-refractivity contribution is 7.13. The van der Waals surface area contributed by atoms with Gasteiger partial charge in [-0.2, -0.15) is 0 Å². The standard InChI is InChI=1S/C15H19NO3S/c1-19-10-3-9-16-12(6-8-15(17)18)5-7-13(16)14-4-2-11-20-14/h2,4-5,7,11H,3,6,8-10H2,1H3,(H,17,18)/p-1. The van der Waals surface area contributed by atoms with E-state index >= 15 is 0 Å². The number of carbonyl (C=O) groups excluding carboxylic acids is 1. The van der Waals surface area contributed by atoms with E-state index in [-0.39, 0.29) is 6.42 Å². The summed E-state index contributed by atoms with van der Waals surface area (Å²) in [5, 5.41) is 12.7. The number of aliphatic carboxylic acids is 1. The molecule has 2 aromatic heterocycles. The summed E-state index contributed by atoms with van der Waals surface area (Å²) in [6.07, 6.45) is 1.46. The molecular weight excluding hydrogens is 274 g/mol. The lowest BCUT2D eigenvalue weighted by Crippen LogP contribution is -2.23. The Morgan fingerprint density at radius 2 is 2.25 bits per heavy atom. The third-order valence-electron chi connectivity index (χ3n) is 3.16. The average molecular weight is 292 g/mol. The third kappa shape index (κ3) is 3.71. The van der Waals surface area contributed by atoms with E-state index in [0.717, 1.165) is 24.4 Å². The predicted molar refractivity (Wildman–Crippen MR) is 77.6 cm³/mol. The molecule has 20 heavy (non-hydrogen) atoms. The van der Waals surface area contributed by atoms with Crippen LogP contribution in [0.5, 0.6) is 0 Å². The number of carboxylic acids is 1. The van der Waals surface area contributed by atoms with Crippen molar-refractivity contribution in [1.29, 1.82) is 0 Å². The summed E-state index contributed by atoms with van der Waals surface area (Å²) < 4.78 is 7.28. The third-order valence-corrected chi connectivity index (χ3v) is 4.05. The van der Waals surface area contributed by atoms with E-state index in [1.54, 1.807) is 18.4 Å². The fourth-order valence-corrected chi connectivity index (χ4v) is 2.99. The minimum Gasteiger partial charge on any atom is -0.550 e. The number of hydrogen-bond acceptors (Lipinski definition) is 4.